The molecular weight excluding hydrogens is 160 g/mol. The van der Waals surface area contributed by atoms with Crippen molar-refractivity contribution < 1.29 is 10.2 Å². The summed E-state index contributed by atoms with van der Waals surface area (Å²) in [5.41, 5.74) is 6.18. The predicted octanol–water partition coefficient (Wildman–Crippen LogP) is 0.0396. The molecule has 4 N–H and O–H groups in total. The highest BCUT2D eigenvalue weighted by Gasteiger charge is 2.14. The Morgan fingerprint density at radius 1 is 1.25 bits per heavy atom. The van der Waals surface area contributed by atoms with Gasteiger partial charge in [0, 0.05) is 0 Å². The normalized spacial score (nSPS) is 15.6. The van der Waals surface area contributed by atoms with E-state index in [1.165, 1.54) is 0 Å². The molecule has 3 heteroatoms. The molecule has 0 aliphatic carbocycles. The number of benzene rings is 1. The van der Waals surface area contributed by atoms with Crippen molar-refractivity contribution in [2.45, 2.75) is 12.1 Å². The average molecular weight is 173 g/mol. The highest BCUT2D eigenvalue weighted by Crippen LogP contribution is 2.14. The molecule has 0 aliphatic heterocycles. The molecule has 0 radical (unpaired) electrons. The van der Waals surface area contributed by atoms with Gasteiger partial charge in [0.1, 0.15) is 0 Å². The van der Waals surface area contributed by atoms with Gasteiger partial charge >= 0.3 is 0 Å². The second-order valence-electron chi connectivity index (χ2n) is 2.70. The molecule has 66 valence electrons. The third kappa shape index (κ3) is 2.04. The van der Waals surface area contributed by atoms with Gasteiger partial charge in [0.05, 0.1) is 18.8 Å². The molecule has 0 bridgehead atoms. The lowest BCUT2D eigenvalue weighted by molar-refractivity contribution is 0.109. The van der Waals surface area contributed by atoms with Gasteiger partial charge in [-0.15, -0.1) is 0 Å². The lowest BCUT2D eigenvalue weighted by Gasteiger charge is -2.16. The maximum Gasteiger partial charge on any atom is 0.0963 e. The SMILES string of the molecule is N[C@H](CO)[C@@H](O)[13c]1[13cH][13cH][13cH][13cH][13cH]1. The van der Waals surface area contributed by atoms with Crippen LogP contribution in [0.2, 0.25) is 0 Å². The van der Waals surface area contributed by atoms with Gasteiger partial charge in [-0.05, 0) is 5.56 Å². The number of hydrogen-bond donors (Lipinski definition) is 3. The van der Waals surface area contributed by atoms with Gasteiger partial charge in [-0.2, -0.15) is 0 Å². The Labute approximate surface area is 71.5 Å². The first kappa shape index (κ1) is 9.19. The van der Waals surface area contributed by atoms with Crippen molar-refractivity contribution in [2.75, 3.05) is 6.61 Å². The quantitative estimate of drug-likeness (QED) is 0.604. The summed E-state index contributed by atoms with van der Waals surface area (Å²) in [7, 11) is 0. The van der Waals surface area contributed by atoms with Crippen LogP contribution in [0.15, 0.2) is 30.3 Å². The van der Waals surface area contributed by atoms with E-state index in [1.54, 1.807) is 12.1 Å². The van der Waals surface area contributed by atoms with Gasteiger partial charge < -0.3 is 15.9 Å². The zero-order valence-corrected chi connectivity index (χ0v) is 6.72. The summed E-state index contributed by atoms with van der Waals surface area (Å²) in [6.45, 7) is -0.212. The smallest absolute Gasteiger partial charge is 0.0963 e. The molecule has 0 aromatic heterocycles. The highest BCUT2D eigenvalue weighted by molar-refractivity contribution is 5.18. The van der Waals surface area contributed by atoms with E-state index in [4.69, 9.17) is 10.8 Å². The third-order valence-electron chi connectivity index (χ3n) is 1.76. The summed E-state index contributed by atoms with van der Waals surface area (Å²) in [4.78, 5) is 0. The van der Waals surface area contributed by atoms with Crippen LogP contribution in [0.3, 0.4) is 0 Å². The van der Waals surface area contributed by atoms with Crippen LogP contribution in [-0.2, 0) is 0 Å². The minimum absolute atomic E-state index is 0.212. The van der Waals surface area contributed by atoms with E-state index in [2.05, 4.69) is 0 Å². The highest BCUT2D eigenvalue weighted by atomic mass is 16.3. The van der Waals surface area contributed by atoms with Crippen LogP contribution in [0.1, 0.15) is 11.7 Å². The van der Waals surface area contributed by atoms with Crippen molar-refractivity contribution in [1.29, 1.82) is 0 Å². The summed E-state index contributed by atoms with van der Waals surface area (Å²) >= 11 is 0. The van der Waals surface area contributed by atoms with Crippen molar-refractivity contribution in [2.24, 2.45) is 5.73 Å². The molecule has 0 amide bonds. The minimum atomic E-state index is -0.781. The topological polar surface area (TPSA) is 66.5 Å². The Hall–Kier alpha value is -0.900. The summed E-state index contributed by atoms with van der Waals surface area (Å²) < 4.78 is 0. The van der Waals surface area contributed by atoms with Gasteiger partial charge in [0.25, 0.3) is 0 Å². The zero-order chi connectivity index (χ0) is 8.97. The van der Waals surface area contributed by atoms with Crippen LogP contribution in [0.25, 0.3) is 0 Å². The summed E-state index contributed by atoms with van der Waals surface area (Å²) in [6.07, 6.45) is -0.781. The standard InChI is InChI=1S/C9H13NO2/c10-8(6-11)9(12)7-4-2-1-3-5-7/h1-5,8-9,11-12H,6,10H2/t8-,9+/m1/s1/i1+1,2+1,3+1,4+1,5+1,7+1. The number of rotatable bonds is 3. The summed E-state index contributed by atoms with van der Waals surface area (Å²) in [6, 6.07) is 8.46. The van der Waals surface area contributed by atoms with E-state index in [9.17, 15) is 5.11 Å². The number of hydrogen-bond acceptors (Lipinski definition) is 3. The van der Waals surface area contributed by atoms with Crippen molar-refractivity contribution >= 4 is 0 Å². The molecule has 0 unspecified atom stereocenters. The van der Waals surface area contributed by atoms with E-state index in [-0.39, 0.29) is 6.61 Å². The monoisotopic (exact) mass is 173 g/mol. The Morgan fingerprint density at radius 2 is 1.83 bits per heavy atom. The molecule has 2 atom stereocenters. The molecule has 3 nitrogen and oxygen atoms in total. The van der Waals surface area contributed by atoms with Crippen molar-refractivity contribution in [1.82, 2.24) is 0 Å². The predicted molar refractivity (Wildman–Crippen MR) is 46.5 cm³/mol. The van der Waals surface area contributed by atoms with Crippen molar-refractivity contribution in [3.8, 4) is 0 Å². The van der Waals surface area contributed by atoms with E-state index in [0.717, 1.165) is 5.56 Å². The fourth-order valence-corrected chi connectivity index (χ4v) is 0.997. The second kappa shape index (κ2) is 4.21. The average Bonchev–Trinajstić information content (AvgIpc) is 2.17. The van der Waals surface area contributed by atoms with Crippen LogP contribution in [0, 0.1) is 0 Å². The van der Waals surface area contributed by atoms with Crippen LogP contribution < -0.4 is 5.73 Å². The maximum atomic E-state index is 9.50. The largest absolute Gasteiger partial charge is 0.395 e. The molecular formula is C9H13NO2. The lowest BCUT2D eigenvalue weighted by Crippen LogP contribution is -2.31. The molecule has 0 saturated carbocycles. The van der Waals surface area contributed by atoms with Crippen LogP contribution in [-0.4, -0.2) is 22.9 Å². The van der Waals surface area contributed by atoms with Gasteiger partial charge in [0.2, 0.25) is 0 Å². The van der Waals surface area contributed by atoms with Gasteiger partial charge in [-0.3, -0.25) is 0 Å². The summed E-state index contributed by atoms with van der Waals surface area (Å²) in [5, 5.41) is 18.2. The molecule has 12 heavy (non-hydrogen) atoms. The maximum absolute atomic E-state index is 9.50. The lowest BCUT2D eigenvalue weighted by atomic mass is 10.2. The zero-order valence-electron chi connectivity index (χ0n) is 6.72. The van der Waals surface area contributed by atoms with Crippen molar-refractivity contribution in [3.63, 3.8) is 0 Å². The third-order valence-corrected chi connectivity index (χ3v) is 1.76. The van der Waals surface area contributed by atoms with Gasteiger partial charge in [0.15, 0.2) is 0 Å². The first-order chi connectivity index (χ1) is 5.75. The molecule has 1 aromatic rings. The fraction of sp³-hybridized carbons (Fsp3) is 0.333. The molecule has 0 aliphatic rings. The fourth-order valence-electron chi connectivity index (χ4n) is 0.997. The Kier molecular flexibility index (Phi) is 3.22. The van der Waals surface area contributed by atoms with E-state index in [1.807, 2.05) is 18.2 Å². The van der Waals surface area contributed by atoms with Crippen LogP contribution in [0.5, 0.6) is 0 Å². The first-order valence-corrected chi connectivity index (χ1v) is 3.85. The number of aliphatic hydroxyl groups excluding tert-OH is 2. The Balaban J connectivity index is 2.71. The molecule has 0 spiro atoms. The Bertz CT molecular complexity index is 225. The number of nitrogens with two attached hydrogens (primary N) is 1. The van der Waals surface area contributed by atoms with E-state index in [0.29, 0.717) is 0 Å². The summed E-state index contributed by atoms with van der Waals surface area (Å²) in [5.74, 6) is 0. The molecule has 0 heterocycles. The van der Waals surface area contributed by atoms with Crippen molar-refractivity contribution in [3.05, 3.63) is 35.9 Å². The van der Waals surface area contributed by atoms with Gasteiger partial charge in [-0.1, -0.05) is 30.3 Å². The molecule has 0 saturated heterocycles. The van der Waals surface area contributed by atoms with E-state index < -0.39 is 12.1 Å². The molecule has 0 fully saturated rings. The van der Waals surface area contributed by atoms with Crippen LogP contribution >= 0.6 is 0 Å². The van der Waals surface area contributed by atoms with Crippen LogP contribution in [0.4, 0.5) is 0 Å². The second-order valence-corrected chi connectivity index (χ2v) is 2.70. The molecule has 1 aromatic carbocycles. The number of aliphatic hydroxyl groups is 2. The molecule has 1 rings (SSSR count). The Morgan fingerprint density at radius 3 is 2.33 bits per heavy atom. The minimum Gasteiger partial charge on any atom is -0.395 e. The van der Waals surface area contributed by atoms with E-state index >= 15 is 0 Å². The first-order valence-electron chi connectivity index (χ1n) is 3.85. The van der Waals surface area contributed by atoms with Gasteiger partial charge in [-0.25, -0.2) is 0 Å².